The molecule has 3 aliphatic rings. The fourth-order valence-electron chi connectivity index (χ4n) is 4.70. The van der Waals surface area contributed by atoms with E-state index in [9.17, 15) is 25.2 Å². The van der Waals surface area contributed by atoms with Gasteiger partial charge in [-0.05, 0) is 38.5 Å². The van der Waals surface area contributed by atoms with Gasteiger partial charge in [0.05, 0.1) is 18.6 Å². The van der Waals surface area contributed by atoms with Crippen LogP contribution in [0.25, 0.3) is 0 Å². The van der Waals surface area contributed by atoms with E-state index in [0.717, 1.165) is 19.3 Å². The molecule has 2 aliphatic heterocycles. The lowest BCUT2D eigenvalue weighted by Crippen LogP contribution is -2.60. The van der Waals surface area contributed by atoms with Crippen molar-refractivity contribution in [3.8, 4) is 0 Å². The number of aliphatic hydroxyl groups excluding tert-OH is 4. The summed E-state index contributed by atoms with van der Waals surface area (Å²) in [6, 6.07) is 0. The summed E-state index contributed by atoms with van der Waals surface area (Å²) in [6.45, 7) is 5.53. The zero-order valence-electron chi connectivity index (χ0n) is 17.3. The average Bonchev–Trinajstić information content (AvgIpc) is 2.85. The van der Waals surface area contributed by atoms with Crippen LogP contribution in [0.15, 0.2) is 11.6 Å². The Morgan fingerprint density at radius 1 is 1.24 bits per heavy atom. The molecular formula is C21H34O8. The molecule has 8 heteroatoms. The number of carbonyl (C=O) groups excluding carboxylic acids is 1. The minimum atomic E-state index is -1.55. The standard InChI is InChI=1S/C21H34O8/c1-10-8-15-14(12(3)20(25)28-15)7-6-13(10)5-4-11(2)27-19-16(9-22)29-21(26)18(24)17(19)23/h6,10-12,14-19,21-24,26H,4-5,7-9H2,1-3H3. The van der Waals surface area contributed by atoms with Crippen LogP contribution in [0.5, 0.6) is 0 Å². The molecule has 4 N–H and O–H groups in total. The molecule has 0 aromatic heterocycles. The first-order valence-electron chi connectivity index (χ1n) is 10.6. The molecule has 1 aliphatic carbocycles. The first kappa shape index (κ1) is 22.7. The van der Waals surface area contributed by atoms with Gasteiger partial charge in [-0.1, -0.05) is 25.5 Å². The Balaban J connectivity index is 1.55. The van der Waals surface area contributed by atoms with Crippen LogP contribution in [-0.4, -0.2) is 75.9 Å². The second-order valence-corrected chi connectivity index (χ2v) is 8.76. The zero-order chi connectivity index (χ0) is 21.3. The summed E-state index contributed by atoms with van der Waals surface area (Å²) in [7, 11) is 0. The summed E-state index contributed by atoms with van der Waals surface area (Å²) < 4.78 is 16.6. The van der Waals surface area contributed by atoms with Gasteiger partial charge in [0.25, 0.3) is 0 Å². The molecular weight excluding hydrogens is 380 g/mol. The maximum Gasteiger partial charge on any atom is 0.309 e. The molecule has 0 radical (unpaired) electrons. The molecule has 10 atom stereocenters. The molecule has 29 heavy (non-hydrogen) atoms. The minimum Gasteiger partial charge on any atom is -0.462 e. The average molecular weight is 414 g/mol. The molecule has 2 saturated heterocycles. The van der Waals surface area contributed by atoms with Crippen LogP contribution in [0.4, 0.5) is 0 Å². The first-order chi connectivity index (χ1) is 13.7. The van der Waals surface area contributed by atoms with E-state index in [2.05, 4.69) is 13.0 Å². The van der Waals surface area contributed by atoms with Crippen molar-refractivity contribution in [2.24, 2.45) is 17.8 Å². The van der Waals surface area contributed by atoms with Gasteiger partial charge in [0, 0.05) is 5.92 Å². The van der Waals surface area contributed by atoms with Crippen molar-refractivity contribution in [2.45, 2.75) is 89.4 Å². The van der Waals surface area contributed by atoms with Gasteiger partial charge in [-0.15, -0.1) is 0 Å². The topological polar surface area (TPSA) is 126 Å². The lowest BCUT2D eigenvalue weighted by Gasteiger charge is -2.41. The molecule has 10 unspecified atom stereocenters. The molecule has 0 aromatic carbocycles. The van der Waals surface area contributed by atoms with Crippen molar-refractivity contribution in [3.05, 3.63) is 11.6 Å². The zero-order valence-corrected chi connectivity index (χ0v) is 17.3. The summed E-state index contributed by atoms with van der Waals surface area (Å²) in [5.41, 5.74) is 1.31. The van der Waals surface area contributed by atoms with Crippen LogP contribution >= 0.6 is 0 Å². The van der Waals surface area contributed by atoms with Crippen LogP contribution in [-0.2, 0) is 19.0 Å². The van der Waals surface area contributed by atoms with Gasteiger partial charge in [-0.3, -0.25) is 4.79 Å². The fraction of sp³-hybridized carbons (Fsp3) is 0.857. The number of hydrogen-bond donors (Lipinski definition) is 4. The Labute approximate surface area is 171 Å². The third-order valence-corrected chi connectivity index (χ3v) is 6.70. The highest BCUT2D eigenvalue weighted by atomic mass is 16.7. The van der Waals surface area contributed by atoms with E-state index in [1.807, 2.05) is 13.8 Å². The molecule has 3 rings (SSSR count). The second-order valence-electron chi connectivity index (χ2n) is 8.76. The maximum atomic E-state index is 11.8. The monoisotopic (exact) mass is 414 g/mol. The summed E-state index contributed by atoms with van der Waals surface area (Å²) >= 11 is 0. The number of hydrogen-bond acceptors (Lipinski definition) is 8. The highest BCUT2D eigenvalue weighted by molar-refractivity contribution is 5.74. The van der Waals surface area contributed by atoms with Crippen LogP contribution in [0, 0.1) is 17.8 Å². The van der Waals surface area contributed by atoms with Crippen LogP contribution in [0.2, 0.25) is 0 Å². The Kier molecular flexibility index (Phi) is 7.35. The van der Waals surface area contributed by atoms with E-state index in [-0.39, 0.29) is 30.0 Å². The van der Waals surface area contributed by atoms with Crippen molar-refractivity contribution >= 4 is 5.97 Å². The van der Waals surface area contributed by atoms with Crippen molar-refractivity contribution in [3.63, 3.8) is 0 Å². The van der Waals surface area contributed by atoms with Gasteiger partial charge in [-0.25, -0.2) is 0 Å². The van der Waals surface area contributed by atoms with Gasteiger partial charge in [0.15, 0.2) is 6.29 Å². The van der Waals surface area contributed by atoms with Gasteiger partial charge in [-0.2, -0.15) is 0 Å². The molecule has 8 nitrogen and oxygen atoms in total. The van der Waals surface area contributed by atoms with Crippen molar-refractivity contribution < 1.29 is 39.4 Å². The first-order valence-corrected chi connectivity index (χ1v) is 10.6. The van der Waals surface area contributed by atoms with E-state index in [4.69, 9.17) is 14.2 Å². The normalized spacial score (nSPS) is 43.9. The molecule has 2 heterocycles. The third kappa shape index (κ3) is 4.84. The maximum absolute atomic E-state index is 11.8. The molecule has 0 saturated carbocycles. The second kappa shape index (κ2) is 9.41. The summed E-state index contributed by atoms with van der Waals surface area (Å²) in [5.74, 6) is 0.394. The summed E-state index contributed by atoms with van der Waals surface area (Å²) in [6.07, 6.45) is -1.07. The van der Waals surface area contributed by atoms with E-state index < -0.39 is 37.3 Å². The summed E-state index contributed by atoms with van der Waals surface area (Å²) in [4.78, 5) is 11.8. The molecule has 0 bridgehead atoms. The minimum absolute atomic E-state index is 0.0114. The van der Waals surface area contributed by atoms with Crippen molar-refractivity contribution in [2.75, 3.05) is 6.61 Å². The molecule has 0 spiro atoms. The SMILES string of the molecule is CC(CCC1=CCC2C(CC1C)OC(=O)C2C)OC1C(CO)OC(O)C(O)C1O. The van der Waals surface area contributed by atoms with Crippen LogP contribution < -0.4 is 0 Å². The molecule has 0 aromatic rings. The van der Waals surface area contributed by atoms with Crippen LogP contribution in [0.1, 0.15) is 46.5 Å². The Morgan fingerprint density at radius 2 is 1.97 bits per heavy atom. The number of ether oxygens (including phenoxy) is 3. The van der Waals surface area contributed by atoms with Crippen molar-refractivity contribution in [1.29, 1.82) is 0 Å². The quantitative estimate of drug-likeness (QED) is 0.366. The number of allylic oxidation sites excluding steroid dienone is 2. The smallest absolute Gasteiger partial charge is 0.309 e. The predicted octanol–water partition coefficient (Wildman–Crippen LogP) is 0.506. The predicted molar refractivity (Wildman–Crippen MR) is 103 cm³/mol. The molecule has 2 fully saturated rings. The lowest BCUT2D eigenvalue weighted by atomic mass is 9.87. The van der Waals surface area contributed by atoms with E-state index in [1.165, 1.54) is 5.57 Å². The van der Waals surface area contributed by atoms with Gasteiger partial charge in [0.1, 0.15) is 30.5 Å². The largest absolute Gasteiger partial charge is 0.462 e. The number of fused-ring (bicyclic) bond motifs is 1. The van der Waals surface area contributed by atoms with E-state index in [0.29, 0.717) is 12.3 Å². The number of carbonyl (C=O) groups is 1. The van der Waals surface area contributed by atoms with E-state index in [1.54, 1.807) is 0 Å². The molecule has 0 amide bonds. The highest BCUT2D eigenvalue weighted by Gasteiger charge is 2.45. The van der Waals surface area contributed by atoms with Gasteiger partial charge in [0.2, 0.25) is 0 Å². The highest BCUT2D eigenvalue weighted by Crippen LogP contribution is 2.40. The van der Waals surface area contributed by atoms with Crippen molar-refractivity contribution in [1.82, 2.24) is 0 Å². The van der Waals surface area contributed by atoms with E-state index >= 15 is 0 Å². The fourth-order valence-corrected chi connectivity index (χ4v) is 4.70. The third-order valence-electron chi connectivity index (χ3n) is 6.70. The Morgan fingerprint density at radius 3 is 2.66 bits per heavy atom. The number of aliphatic hydroxyl groups is 4. The number of esters is 1. The molecule has 166 valence electrons. The number of rotatable bonds is 6. The van der Waals surface area contributed by atoms with Gasteiger partial charge < -0.3 is 34.6 Å². The Bertz CT molecular complexity index is 605. The summed E-state index contributed by atoms with van der Waals surface area (Å²) in [5, 5.41) is 39.1. The lowest BCUT2D eigenvalue weighted by molar-refractivity contribution is -0.299. The Hall–Kier alpha value is -1.03. The van der Waals surface area contributed by atoms with Gasteiger partial charge >= 0.3 is 5.97 Å². The van der Waals surface area contributed by atoms with Crippen LogP contribution in [0.3, 0.4) is 0 Å².